The third-order valence-electron chi connectivity index (χ3n) is 7.07. The van der Waals surface area contributed by atoms with Gasteiger partial charge in [0.05, 0.1) is 22.3 Å². The van der Waals surface area contributed by atoms with E-state index in [0.29, 0.717) is 18.2 Å². The topological polar surface area (TPSA) is 80.3 Å². The molecule has 1 aliphatic rings. The Balaban J connectivity index is 1.50. The third-order valence-corrected chi connectivity index (χ3v) is 9.44. The minimum Gasteiger partial charge on any atom is -0.326 e. The van der Waals surface area contributed by atoms with E-state index in [-0.39, 0.29) is 21.8 Å². The van der Waals surface area contributed by atoms with Crippen molar-refractivity contribution in [2.24, 2.45) is 5.92 Å². The molecule has 1 unspecified atom stereocenters. The van der Waals surface area contributed by atoms with Crippen LogP contribution in [0.5, 0.6) is 0 Å². The van der Waals surface area contributed by atoms with Gasteiger partial charge in [-0.2, -0.15) is 26.3 Å². The second-order valence-electron chi connectivity index (χ2n) is 10.3. The maximum Gasteiger partial charge on any atom is 0.471 e. The van der Waals surface area contributed by atoms with Crippen LogP contribution in [0.25, 0.3) is 0 Å². The first kappa shape index (κ1) is 36.7. The van der Waals surface area contributed by atoms with Crippen molar-refractivity contribution in [3.8, 4) is 0 Å². The molecular weight excluding hydrogens is 736 g/mol. The van der Waals surface area contributed by atoms with E-state index >= 15 is 4.39 Å². The Morgan fingerprint density at radius 3 is 2.13 bits per heavy atom. The van der Waals surface area contributed by atoms with Gasteiger partial charge in [0.1, 0.15) is 38.4 Å². The molecule has 1 aliphatic carbocycles. The van der Waals surface area contributed by atoms with Crippen molar-refractivity contribution in [2.45, 2.75) is 34.8 Å². The van der Waals surface area contributed by atoms with E-state index in [4.69, 9.17) is 34.8 Å². The molecule has 0 spiro atoms. The molecule has 3 atom stereocenters. The Bertz CT molecular complexity index is 1800. The number of ketones is 2. The number of anilines is 1. The molecule has 0 heterocycles. The van der Waals surface area contributed by atoms with Crippen LogP contribution in [0.4, 0.5) is 45.2 Å². The molecule has 3 aromatic carbocycles. The molecule has 1 N–H and O–H groups in total. The number of rotatable bonds is 10. The molecule has 3 aromatic rings. The molecule has 1 saturated carbocycles. The highest BCUT2D eigenvalue weighted by molar-refractivity contribution is 7.86. The molecule has 1 fully saturated rings. The first-order valence-corrected chi connectivity index (χ1v) is 15.4. The largest absolute Gasteiger partial charge is 0.471 e. The van der Waals surface area contributed by atoms with E-state index in [2.05, 4.69) is 5.32 Å². The standard InChI is InChI=1S/C29H17Cl3F9NO4S/c30-19-4-3-14(42-26(45)24-23(27(24,31)32)12-1-6-21(34)18(7-12)28(36,37)38)9-16(19)22(44)8-13-2-5-20(33)17(25(13)35)10-15(43)11-47(46)29(39,40)41/h1-7,9,23-24H,8,10-11H2,(H,42,45)/t23-,24+,47?/m0/s1. The normalized spacial score (nSPS) is 18.0. The van der Waals surface area contributed by atoms with Gasteiger partial charge in [-0.1, -0.05) is 23.7 Å². The maximum atomic E-state index is 15.1. The summed E-state index contributed by atoms with van der Waals surface area (Å²) in [5.74, 6) is -11.4. The van der Waals surface area contributed by atoms with Crippen LogP contribution in [-0.4, -0.2) is 37.3 Å². The minimum atomic E-state index is -5.21. The number of Topliss-reactive ketones (excluding diaryl/α,β-unsaturated/α-hetero) is 2. The summed E-state index contributed by atoms with van der Waals surface area (Å²) < 4.78 is 130. The first-order chi connectivity index (χ1) is 21.6. The first-order valence-electron chi connectivity index (χ1n) is 12.9. The molecule has 0 aliphatic heterocycles. The van der Waals surface area contributed by atoms with E-state index in [9.17, 15) is 53.7 Å². The molecule has 0 saturated heterocycles. The highest BCUT2D eigenvalue weighted by Crippen LogP contribution is 2.65. The second-order valence-corrected chi connectivity index (χ2v) is 13.6. The highest BCUT2D eigenvalue weighted by Gasteiger charge is 2.67. The molecule has 1 amide bonds. The number of hydrogen-bond donors (Lipinski definition) is 1. The lowest BCUT2D eigenvalue weighted by Crippen LogP contribution is -2.25. The smallest absolute Gasteiger partial charge is 0.326 e. The van der Waals surface area contributed by atoms with Crippen LogP contribution in [0.3, 0.4) is 0 Å². The van der Waals surface area contributed by atoms with Crippen molar-refractivity contribution in [2.75, 3.05) is 11.1 Å². The summed E-state index contributed by atoms with van der Waals surface area (Å²) in [4.78, 5) is 38.0. The van der Waals surface area contributed by atoms with Gasteiger partial charge in [-0.3, -0.25) is 18.6 Å². The molecule has 47 heavy (non-hydrogen) atoms. The van der Waals surface area contributed by atoms with Gasteiger partial charge in [0.25, 0.3) is 0 Å². The number of alkyl halides is 8. The summed E-state index contributed by atoms with van der Waals surface area (Å²) in [6.45, 7) is 0. The van der Waals surface area contributed by atoms with Crippen LogP contribution in [0.1, 0.15) is 38.5 Å². The van der Waals surface area contributed by atoms with Gasteiger partial charge < -0.3 is 5.32 Å². The fourth-order valence-electron chi connectivity index (χ4n) is 4.75. The number of carbonyl (C=O) groups is 3. The van der Waals surface area contributed by atoms with E-state index in [1.807, 2.05) is 0 Å². The van der Waals surface area contributed by atoms with Crippen molar-refractivity contribution < 1.29 is 58.1 Å². The van der Waals surface area contributed by atoms with Crippen LogP contribution in [0.2, 0.25) is 5.02 Å². The molecule has 0 aromatic heterocycles. The Morgan fingerprint density at radius 1 is 0.872 bits per heavy atom. The van der Waals surface area contributed by atoms with E-state index < -0.39 is 109 Å². The van der Waals surface area contributed by atoms with Crippen molar-refractivity contribution in [3.63, 3.8) is 0 Å². The number of hydrogen-bond acceptors (Lipinski definition) is 4. The summed E-state index contributed by atoms with van der Waals surface area (Å²) in [5, 5.41) is 2.22. The summed E-state index contributed by atoms with van der Waals surface area (Å²) >= 11 is 18.5. The minimum absolute atomic E-state index is 0.0730. The lowest BCUT2D eigenvalue weighted by atomic mass is 9.98. The Morgan fingerprint density at radius 2 is 1.51 bits per heavy atom. The predicted octanol–water partition coefficient (Wildman–Crippen LogP) is 8.11. The zero-order valence-electron chi connectivity index (χ0n) is 23.0. The third kappa shape index (κ3) is 8.12. The molecule has 252 valence electrons. The van der Waals surface area contributed by atoms with Gasteiger partial charge in [0.15, 0.2) is 5.78 Å². The zero-order chi connectivity index (χ0) is 35.2. The summed E-state index contributed by atoms with van der Waals surface area (Å²) in [5.41, 5.74) is -8.72. The zero-order valence-corrected chi connectivity index (χ0v) is 26.1. The van der Waals surface area contributed by atoms with Crippen LogP contribution in [0, 0.1) is 23.4 Å². The number of halogens is 12. The fourth-order valence-corrected chi connectivity index (χ4v) is 6.36. The molecule has 18 heteroatoms. The van der Waals surface area contributed by atoms with Gasteiger partial charge in [-0.05, 0) is 47.5 Å². The Hall–Kier alpha value is -3.14. The second kappa shape index (κ2) is 13.4. The van der Waals surface area contributed by atoms with Crippen LogP contribution in [0.15, 0.2) is 48.5 Å². The monoisotopic (exact) mass is 751 g/mol. The summed E-state index contributed by atoms with van der Waals surface area (Å²) in [6, 6.07) is 7.08. The molecule has 0 radical (unpaired) electrons. The van der Waals surface area contributed by atoms with Gasteiger partial charge in [-0.15, -0.1) is 23.2 Å². The van der Waals surface area contributed by atoms with E-state index in [1.165, 1.54) is 12.1 Å². The van der Waals surface area contributed by atoms with Crippen molar-refractivity contribution in [1.29, 1.82) is 0 Å². The number of benzene rings is 3. The van der Waals surface area contributed by atoms with Gasteiger partial charge in [0.2, 0.25) is 5.91 Å². The van der Waals surface area contributed by atoms with E-state index in [1.54, 1.807) is 0 Å². The van der Waals surface area contributed by atoms with Gasteiger partial charge in [-0.25, -0.2) is 13.2 Å². The van der Waals surface area contributed by atoms with Crippen LogP contribution >= 0.6 is 34.8 Å². The number of nitrogens with one attached hydrogen (secondary N) is 1. The van der Waals surface area contributed by atoms with Gasteiger partial charge in [0, 0.05) is 35.6 Å². The van der Waals surface area contributed by atoms with Crippen LogP contribution in [-0.2, 0) is 39.4 Å². The maximum absolute atomic E-state index is 15.1. The highest BCUT2D eigenvalue weighted by atomic mass is 35.5. The SMILES string of the molecule is O=C(Cc1c(F)ccc(CC(=O)c2cc(NC(=O)[C@H]3[C@H](c4ccc(F)c(C(F)(F)F)c4)C3(Cl)Cl)ccc2Cl)c1F)CS(=O)C(F)(F)F. The van der Waals surface area contributed by atoms with Crippen molar-refractivity contribution >= 4 is 68.8 Å². The number of carbonyl (C=O) groups excluding carboxylic acids is 3. The van der Waals surface area contributed by atoms with Crippen LogP contribution < -0.4 is 5.32 Å². The van der Waals surface area contributed by atoms with E-state index in [0.717, 1.165) is 18.2 Å². The van der Waals surface area contributed by atoms with Gasteiger partial charge >= 0.3 is 11.7 Å². The molecular formula is C29H17Cl3F9NO4S. The predicted molar refractivity (Wildman–Crippen MR) is 154 cm³/mol. The lowest BCUT2D eigenvalue weighted by molar-refractivity contribution is -0.140. The average molecular weight is 753 g/mol. The van der Waals surface area contributed by atoms with Crippen molar-refractivity contribution in [3.05, 3.63) is 98.8 Å². The Labute approximate surface area is 276 Å². The molecule has 4 rings (SSSR count). The molecule has 0 bridgehead atoms. The summed E-state index contributed by atoms with van der Waals surface area (Å²) in [7, 11) is -3.59. The summed E-state index contributed by atoms with van der Waals surface area (Å²) in [6.07, 6.45) is -7.00. The molecule has 5 nitrogen and oxygen atoms in total. The Kier molecular flexibility index (Phi) is 10.5. The lowest BCUT2D eigenvalue weighted by Gasteiger charge is -2.12. The number of amides is 1. The fraction of sp³-hybridized carbons (Fsp3) is 0.276. The average Bonchev–Trinajstić information content (AvgIpc) is 3.54. The van der Waals surface area contributed by atoms with Crippen molar-refractivity contribution in [1.82, 2.24) is 0 Å². The quantitative estimate of drug-likeness (QED) is 0.129.